The number of pyridine rings is 1. The lowest BCUT2D eigenvalue weighted by Gasteiger charge is -2.19. The molecule has 0 bridgehead atoms. The zero-order chi connectivity index (χ0) is 10.1. The minimum absolute atomic E-state index is 0.736. The van der Waals surface area contributed by atoms with Crippen LogP contribution in [0.25, 0.3) is 0 Å². The topological polar surface area (TPSA) is 50.2 Å². The molecule has 1 N–H and O–H groups in total. The van der Waals surface area contributed by atoms with Crippen LogP contribution in [0.5, 0.6) is 0 Å². The van der Waals surface area contributed by atoms with Crippen molar-refractivity contribution in [3.8, 4) is 0 Å². The molecule has 0 radical (unpaired) electrons. The van der Waals surface area contributed by atoms with Gasteiger partial charge in [-0.25, -0.2) is 0 Å². The first-order chi connectivity index (χ1) is 5.94. The van der Waals surface area contributed by atoms with Gasteiger partial charge in [0.1, 0.15) is 0 Å². The Morgan fingerprint density at radius 2 is 2.08 bits per heavy atom. The van der Waals surface area contributed by atoms with Crippen LogP contribution in [-0.4, -0.2) is 16.1 Å². The first kappa shape index (κ1) is 9.71. The molecule has 0 atom stereocenters. The van der Waals surface area contributed by atoms with Gasteiger partial charge in [-0.05, 0) is 31.9 Å². The molecule has 0 saturated heterocycles. The van der Waals surface area contributed by atoms with E-state index in [0.717, 1.165) is 11.1 Å². The maximum absolute atomic E-state index is 10.9. The fraction of sp³-hybridized carbons (Fsp3) is 0.400. The van der Waals surface area contributed by atoms with Gasteiger partial charge < -0.3 is 5.11 Å². The molecule has 0 unspecified atom stereocenters. The second-order valence-electron chi connectivity index (χ2n) is 3.68. The number of hydrogen-bond acceptors (Lipinski definition) is 2. The fourth-order valence-corrected chi connectivity index (χ4v) is 1.02. The molecule has 0 saturated carbocycles. The molecule has 0 aliphatic carbocycles. The lowest BCUT2D eigenvalue weighted by atomic mass is 9.85. The smallest absolute Gasteiger partial charge is 0.313 e. The number of aromatic nitrogens is 1. The number of aliphatic carboxylic acids is 1. The minimum Gasteiger partial charge on any atom is -0.481 e. The highest BCUT2D eigenvalue weighted by molar-refractivity contribution is 5.80. The Morgan fingerprint density at radius 1 is 1.46 bits per heavy atom. The molecule has 0 spiro atoms. The van der Waals surface area contributed by atoms with E-state index >= 15 is 0 Å². The molecule has 1 heterocycles. The summed E-state index contributed by atoms with van der Waals surface area (Å²) < 4.78 is 0. The number of carboxylic acid groups (broad SMARTS) is 1. The number of carbonyl (C=O) groups is 1. The Bertz CT molecular complexity index is 331. The summed E-state index contributed by atoms with van der Waals surface area (Å²) in [6.07, 6.45) is 3.31. The fourth-order valence-electron chi connectivity index (χ4n) is 1.02. The third-order valence-corrected chi connectivity index (χ3v) is 2.13. The molecule has 1 rings (SSSR count). The largest absolute Gasteiger partial charge is 0.481 e. The predicted octanol–water partition coefficient (Wildman–Crippen LogP) is 1.75. The van der Waals surface area contributed by atoms with Crippen molar-refractivity contribution in [2.75, 3.05) is 0 Å². The lowest BCUT2D eigenvalue weighted by molar-refractivity contribution is -0.142. The summed E-state index contributed by atoms with van der Waals surface area (Å²) in [7, 11) is 0. The summed E-state index contributed by atoms with van der Waals surface area (Å²) in [6, 6.07) is 1.85. The van der Waals surface area contributed by atoms with Gasteiger partial charge in [0, 0.05) is 12.4 Å². The van der Waals surface area contributed by atoms with E-state index in [9.17, 15) is 4.79 Å². The van der Waals surface area contributed by atoms with Crippen LogP contribution in [-0.2, 0) is 10.2 Å². The summed E-state index contributed by atoms with van der Waals surface area (Å²) in [4.78, 5) is 14.9. The average molecular weight is 179 g/mol. The monoisotopic (exact) mass is 179 g/mol. The maximum Gasteiger partial charge on any atom is 0.313 e. The quantitative estimate of drug-likeness (QED) is 0.752. The summed E-state index contributed by atoms with van der Waals surface area (Å²) in [5, 5.41) is 8.96. The predicted molar refractivity (Wildman–Crippen MR) is 49.6 cm³/mol. The Kier molecular flexibility index (Phi) is 2.36. The van der Waals surface area contributed by atoms with Gasteiger partial charge in [0.15, 0.2) is 0 Å². The summed E-state index contributed by atoms with van der Waals surface area (Å²) >= 11 is 0. The summed E-state index contributed by atoms with van der Waals surface area (Å²) in [5.41, 5.74) is 0.853. The van der Waals surface area contributed by atoms with Crippen LogP contribution >= 0.6 is 0 Å². The maximum atomic E-state index is 10.9. The third kappa shape index (κ3) is 1.86. The van der Waals surface area contributed by atoms with Crippen molar-refractivity contribution < 1.29 is 9.90 Å². The van der Waals surface area contributed by atoms with Gasteiger partial charge in [-0.1, -0.05) is 6.07 Å². The van der Waals surface area contributed by atoms with Crippen LogP contribution < -0.4 is 0 Å². The van der Waals surface area contributed by atoms with Crippen molar-refractivity contribution in [2.45, 2.75) is 26.2 Å². The van der Waals surface area contributed by atoms with E-state index in [1.165, 1.54) is 0 Å². The molecular weight excluding hydrogens is 166 g/mol. The average Bonchev–Trinajstić information content (AvgIpc) is 2.04. The van der Waals surface area contributed by atoms with Gasteiger partial charge in [-0.15, -0.1) is 0 Å². The van der Waals surface area contributed by atoms with Crippen molar-refractivity contribution in [3.63, 3.8) is 0 Å². The van der Waals surface area contributed by atoms with E-state index in [4.69, 9.17) is 5.11 Å². The van der Waals surface area contributed by atoms with Crippen molar-refractivity contribution in [2.24, 2.45) is 0 Å². The Morgan fingerprint density at radius 3 is 2.54 bits per heavy atom. The van der Waals surface area contributed by atoms with Crippen molar-refractivity contribution in [1.29, 1.82) is 0 Å². The molecule has 1 aromatic heterocycles. The second-order valence-corrected chi connectivity index (χ2v) is 3.68. The van der Waals surface area contributed by atoms with Crippen LogP contribution in [0.4, 0.5) is 0 Å². The lowest BCUT2D eigenvalue weighted by Crippen LogP contribution is -2.28. The molecular formula is C10H13NO2. The first-order valence-corrected chi connectivity index (χ1v) is 4.10. The molecule has 0 aliphatic rings. The van der Waals surface area contributed by atoms with Gasteiger partial charge in [0.25, 0.3) is 0 Å². The highest BCUT2D eigenvalue weighted by Gasteiger charge is 2.29. The van der Waals surface area contributed by atoms with Crippen molar-refractivity contribution >= 4 is 5.97 Å². The SMILES string of the molecule is Cc1cncc(C(C)(C)C(=O)O)c1. The van der Waals surface area contributed by atoms with E-state index in [1.54, 1.807) is 26.2 Å². The van der Waals surface area contributed by atoms with E-state index in [2.05, 4.69) is 4.98 Å². The first-order valence-electron chi connectivity index (χ1n) is 4.10. The Labute approximate surface area is 77.4 Å². The van der Waals surface area contributed by atoms with Crippen LogP contribution in [0.3, 0.4) is 0 Å². The normalized spacial score (nSPS) is 11.3. The van der Waals surface area contributed by atoms with E-state index < -0.39 is 11.4 Å². The molecule has 0 aromatic carbocycles. The van der Waals surface area contributed by atoms with Gasteiger partial charge in [-0.3, -0.25) is 9.78 Å². The van der Waals surface area contributed by atoms with Crippen LogP contribution in [0.15, 0.2) is 18.5 Å². The van der Waals surface area contributed by atoms with Crippen LogP contribution in [0, 0.1) is 6.92 Å². The highest BCUT2D eigenvalue weighted by atomic mass is 16.4. The molecule has 3 nitrogen and oxygen atoms in total. The number of nitrogens with zero attached hydrogens (tertiary/aromatic N) is 1. The van der Waals surface area contributed by atoms with Crippen molar-refractivity contribution in [1.82, 2.24) is 4.98 Å². The number of carboxylic acids is 1. The van der Waals surface area contributed by atoms with Gasteiger partial charge in [0.2, 0.25) is 0 Å². The van der Waals surface area contributed by atoms with Gasteiger partial charge in [-0.2, -0.15) is 0 Å². The van der Waals surface area contributed by atoms with E-state index in [-0.39, 0.29) is 0 Å². The molecule has 3 heteroatoms. The van der Waals surface area contributed by atoms with Crippen LogP contribution in [0.1, 0.15) is 25.0 Å². The minimum atomic E-state index is -0.862. The molecule has 1 aromatic rings. The molecule has 0 fully saturated rings. The number of hydrogen-bond donors (Lipinski definition) is 1. The Balaban J connectivity index is 3.14. The molecule has 13 heavy (non-hydrogen) atoms. The van der Waals surface area contributed by atoms with Gasteiger partial charge >= 0.3 is 5.97 Å². The van der Waals surface area contributed by atoms with E-state index in [0.29, 0.717) is 0 Å². The Hall–Kier alpha value is -1.38. The van der Waals surface area contributed by atoms with E-state index in [1.807, 2.05) is 13.0 Å². The number of aryl methyl sites for hydroxylation is 1. The molecule has 0 aliphatic heterocycles. The van der Waals surface area contributed by atoms with Gasteiger partial charge in [0.05, 0.1) is 5.41 Å². The molecule has 70 valence electrons. The summed E-state index contributed by atoms with van der Waals surface area (Å²) in [5.74, 6) is -0.833. The number of rotatable bonds is 2. The highest BCUT2D eigenvalue weighted by Crippen LogP contribution is 2.22. The summed E-state index contributed by atoms with van der Waals surface area (Å²) in [6.45, 7) is 5.24. The third-order valence-electron chi connectivity index (χ3n) is 2.13. The van der Waals surface area contributed by atoms with Crippen LogP contribution in [0.2, 0.25) is 0 Å². The van der Waals surface area contributed by atoms with Crippen molar-refractivity contribution in [3.05, 3.63) is 29.6 Å². The zero-order valence-electron chi connectivity index (χ0n) is 8.03. The molecule has 0 amide bonds. The zero-order valence-corrected chi connectivity index (χ0v) is 8.03. The standard InChI is InChI=1S/C10H13NO2/c1-7-4-8(6-11-5-7)10(2,3)9(12)13/h4-6H,1-3H3,(H,12,13). The second kappa shape index (κ2) is 3.17.